The van der Waals surface area contributed by atoms with Crippen LogP contribution in [0, 0.1) is 23.2 Å². The van der Waals surface area contributed by atoms with E-state index in [1.807, 2.05) is 49.4 Å². The first-order valence-electron chi connectivity index (χ1n) is 9.32. The Bertz CT molecular complexity index is 746. The zero-order valence-corrected chi connectivity index (χ0v) is 14.7. The van der Waals surface area contributed by atoms with Crippen molar-refractivity contribution in [1.29, 1.82) is 5.26 Å². The molecule has 25 heavy (non-hydrogen) atoms. The van der Waals surface area contributed by atoms with Gasteiger partial charge in [-0.2, -0.15) is 5.26 Å². The maximum Gasteiger partial charge on any atom is 0.116 e. The molecule has 132 valence electrons. The van der Waals surface area contributed by atoms with Crippen LogP contribution in [-0.2, 0) is 0 Å². The number of hydrogen-bond acceptors (Lipinski definition) is 1. The average Bonchev–Trinajstić information content (AvgIpc) is 2.65. The maximum absolute atomic E-state index is 15.0. The molecule has 3 rings (SSSR count). The Balaban J connectivity index is 2.06. The lowest BCUT2D eigenvalue weighted by atomic mass is 9.65. The number of unbranched alkanes of at least 4 members (excludes halogenated alkanes) is 1. The lowest BCUT2D eigenvalue weighted by Gasteiger charge is -2.39. The topological polar surface area (TPSA) is 23.8 Å². The molecule has 1 nitrogen and oxygen atoms in total. The average molecular weight is 341 g/mol. The van der Waals surface area contributed by atoms with Crippen LogP contribution in [0.4, 0.5) is 8.78 Å². The standard InChI is InChI=1S/C22H25F2N/c1-2-3-11-20(23)18-12-13-21(24)19(14-25)22(18)17-10-6-8-15-7-4-5-9-16(15)17/h4-10,18-22H,2-3,11-13H2,1H3. The van der Waals surface area contributed by atoms with E-state index in [1.165, 1.54) is 0 Å². The van der Waals surface area contributed by atoms with Gasteiger partial charge in [0.2, 0.25) is 0 Å². The quantitative estimate of drug-likeness (QED) is 0.622. The van der Waals surface area contributed by atoms with E-state index in [1.54, 1.807) is 0 Å². The van der Waals surface area contributed by atoms with Crippen LogP contribution >= 0.6 is 0 Å². The van der Waals surface area contributed by atoms with Gasteiger partial charge in [0.1, 0.15) is 12.3 Å². The summed E-state index contributed by atoms with van der Waals surface area (Å²) in [6, 6.07) is 16.0. The van der Waals surface area contributed by atoms with Crippen molar-refractivity contribution in [1.82, 2.24) is 0 Å². The summed E-state index contributed by atoms with van der Waals surface area (Å²) in [7, 11) is 0. The van der Waals surface area contributed by atoms with Gasteiger partial charge in [-0.15, -0.1) is 0 Å². The zero-order valence-electron chi connectivity index (χ0n) is 14.7. The van der Waals surface area contributed by atoms with Crippen LogP contribution in [0.3, 0.4) is 0 Å². The lowest BCUT2D eigenvalue weighted by molar-refractivity contribution is 0.0767. The first kappa shape index (κ1) is 17.9. The van der Waals surface area contributed by atoms with Gasteiger partial charge < -0.3 is 0 Å². The van der Waals surface area contributed by atoms with Crippen LogP contribution < -0.4 is 0 Å². The predicted molar refractivity (Wildman–Crippen MR) is 97.8 cm³/mol. The van der Waals surface area contributed by atoms with Crippen LogP contribution in [0.5, 0.6) is 0 Å². The van der Waals surface area contributed by atoms with Crippen molar-refractivity contribution in [2.75, 3.05) is 0 Å². The molecule has 0 spiro atoms. The molecular weight excluding hydrogens is 316 g/mol. The third-order valence-electron chi connectivity index (χ3n) is 5.64. The van der Waals surface area contributed by atoms with Crippen molar-refractivity contribution in [2.45, 2.75) is 57.3 Å². The Kier molecular flexibility index (Phi) is 5.68. The second kappa shape index (κ2) is 7.95. The molecule has 0 aromatic heterocycles. The Morgan fingerprint density at radius 2 is 1.92 bits per heavy atom. The predicted octanol–water partition coefficient (Wildman–Crippen LogP) is 6.34. The van der Waals surface area contributed by atoms with Gasteiger partial charge in [0.05, 0.1) is 12.0 Å². The molecule has 2 aromatic rings. The summed E-state index contributed by atoms with van der Waals surface area (Å²) in [6.45, 7) is 2.05. The van der Waals surface area contributed by atoms with Crippen LogP contribution in [0.1, 0.15) is 50.5 Å². The number of benzene rings is 2. The summed E-state index contributed by atoms with van der Waals surface area (Å²) < 4.78 is 29.5. The molecule has 0 bridgehead atoms. The van der Waals surface area contributed by atoms with Crippen LogP contribution in [-0.4, -0.2) is 12.3 Å². The van der Waals surface area contributed by atoms with Gasteiger partial charge >= 0.3 is 0 Å². The Hall–Kier alpha value is -1.95. The lowest BCUT2D eigenvalue weighted by Crippen LogP contribution is -2.38. The number of alkyl halides is 2. The summed E-state index contributed by atoms with van der Waals surface area (Å²) in [6.07, 6.45) is 0.915. The summed E-state index contributed by atoms with van der Waals surface area (Å²) in [5, 5.41) is 11.7. The van der Waals surface area contributed by atoms with E-state index in [9.17, 15) is 9.65 Å². The largest absolute Gasteiger partial charge is 0.247 e. The van der Waals surface area contributed by atoms with Gasteiger partial charge in [-0.3, -0.25) is 0 Å². The zero-order chi connectivity index (χ0) is 17.8. The molecule has 1 saturated carbocycles. The smallest absolute Gasteiger partial charge is 0.116 e. The van der Waals surface area contributed by atoms with Gasteiger partial charge in [0, 0.05) is 5.92 Å². The van der Waals surface area contributed by atoms with Crippen LogP contribution in [0.25, 0.3) is 10.8 Å². The van der Waals surface area contributed by atoms with E-state index in [0.29, 0.717) is 12.8 Å². The number of rotatable bonds is 5. The molecular formula is C22H25F2N. The van der Waals surface area contributed by atoms with E-state index in [0.717, 1.165) is 29.2 Å². The van der Waals surface area contributed by atoms with Crippen LogP contribution in [0.15, 0.2) is 42.5 Å². The molecule has 3 heteroatoms. The van der Waals surface area contributed by atoms with Gasteiger partial charge in [0.15, 0.2) is 0 Å². The molecule has 1 aliphatic carbocycles. The normalized spacial score (nSPS) is 27.8. The van der Waals surface area contributed by atoms with E-state index in [2.05, 4.69) is 6.07 Å². The first-order valence-corrected chi connectivity index (χ1v) is 9.32. The molecule has 2 aromatic carbocycles. The molecule has 0 amide bonds. The fraction of sp³-hybridized carbons (Fsp3) is 0.500. The number of nitrogens with zero attached hydrogens (tertiary/aromatic N) is 1. The van der Waals surface area contributed by atoms with Gasteiger partial charge in [-0.1, -0.05) is 62.2 Å². The highest BCUT2D eigenvalue weighted by molar-refractivity contribution is 5.86. The van der Waals surface area contributed by atoms with Crippen molar-refractivity contribution in [3.63, 3.8) is 0 Å². The summed E-state index contributed by atoms with van der Waals surface area (Å²) in [5.41, 5.74) is 0.927. The van der Waals surface area contributed by atoms with Crippen molar-refractivity contribution < 1.29 is 8.78 Å². The number of nitriles is 1. The Morgan fingerprint density at radius 3 is 2.68 bits per heavy atom. The first-order chi connectivity index (χ1) is 12.2. The van der Waals surface area contributed by atoms with Crippen molar-refractivity contribution in [3.8, 4) is 6.07 Å². The summed E-state index contributed by atoms with van der Waals surface area (Å²) in [5.74, 6) is -1.44. The van der Waals surface area contributed by atoms with Gasteiger partial charge in [-0.05, 0) is 41.5 Å². The van der Waals surface area contributed by atoms with Gasteiger partial charge in [0.25, 0.3) is 0 Å². The van der Waals surface area contributed by atoms with E-state index in [-0.39, 0.29) is 18.3 Å². The van der Waals surface area contributed by atoms with E-state index >= 15 is 4.39 Å². The number of halogens is 2. The molecule has 0 saturated heterocycles. The molecule has 0 aliphatic heterocycles. The van der Waals surface area contributed by atoms with Crippen molar-refractivity contribution in [2.24, 2.45) is 11.8 Å². The second-order valence-corrected chi connectivity index (χ2v) is 7.16. The minimum atomic E-state index is -1.18. The Morgan fingerprint density at radius 1 is 1.16 bits per heavy atom. The molecule has 5 unspecified atom stereocenters. The highest BCUT2D eigenvalue weighted by Crippen LogP contribution is 2.47. The molecule has 1 aliphatic rings. The number of hydrogen-bond donors (Lipinski definition) is 0. The highest BCUT2D eigenvalue weighted by Gasteiger charge is 2.44. The number of fused-ring (bicyclic) bond motifs is 1. The third kappa shape index (κ3) is 3.54. The molecule has 1 fully saturated rings. The van der Waals surface area contributed by atoms with Gasteiger partial charge in [-0.25, -0.2) is 8.78 Å². The Labute approximate surface area is 148 Å². The summed E-state index contributed by atoms with van der Waals surface area (Å²) in [4.78, 5) is 0. The monoisotopic (exact) mass is 341 g/mol. The molecule has 0 radical (unpaired) electrons. The minimum absolute atomic E-state index is 0.283. The SMILES string of the molecule is CCCCC(F)C1CCC(F)C(C#N)C1c1cccc2ccccc12. The van der Waals surface area contributed by atoms with Crippen LogP contribution in [0.2, 0.25) is 0 Å². The van der Waals surface area contributed by atoms with E-state index in [4.69, 9.17) is 0 Å². The molecule has 0 heterocycles. The summed E-state index contributed by atoms with van der Waals surface area (Å²) >= 11 is 0. The maximum atomic E-state index is 15.0. The fourth-order valence-electron chi connectivity index (χ4n) is 4.35. The molecule has 0 N–H and O–H groups in total. The second-order valence-electron chi connectivity index (χ2n) is 7.16. The highest BCUT2D eigenvalue weighted by atomic mass is 19.1. The van der Waals surface area contributed by atoms with Crippen molar-refractivity contribution >= 4 is 10.8 Å². The molecule has 5 atom stereocenters. The van der Waals surface area contributed by atoms with Crippen molar-refractivity contribution in [3.05, 3.63) is 48.0 Å². The fourth-order valence-corrected chi connectivity index (χ4v) is 4.35. The minimum Gasteiger partial charge on any atom is -0.247 e. The van der Waals surface area contributed by atoms with E-state index < -0.39 is 18.3 Å². The third-order valence-corrected chi connectivity index (χ3v) is 5.64.